The quantitative estimate of drug-likeness (QED) is 0.837. The third-order valence-electron chi connectivity index (χ3n) is 2.79. The average Bonchev–Trinajstić information content (AvgIpc) is 2.38. The smallest absolute Gasteiger partial charge is 0.213 e. The van der Waals surface area contributed by atoms with Gasteiger partial charge in [-0.3, -0.25) is 0 Å². The summed E-state index contributed by atoms with van der Waals surface area (Å²) in [6.07, 6.45) is 3.77. The van der Waals surface area contributed by atoms with Crippen molar-refractivity contribution < 1.29 is 14.6 Å². The summed E-state index contributed by atoms with van der Waals surface area (Å²) in [6, 6.07) is 3.62. The van der Waals surface area contributed by atoms with Crippen LogP contribution < -0.4 is 4.74 Å². The number of ether oxygens (including phenoxy) is 2. The van der Waals surface area contributed by atoms with Gasteiger partial charge in [-0.1, -0.05) is 0 Å². The van der Waals surface area contributed by atoms with Crippen LogP contribution in [-0.4, -0.2) is 29.9 Å². The first-order chi connectivity index (χ1) is 7.88. The molecule has 1 aromatic heterocycles. The fourth-order valence-electron chi connectivity index (χ4n) is 1.71. The van der Waals surface area contributed by atoms with E-state index in [1.807, 2.05) is 6.07 Å². The van der Waals surface area contributed by atoms with Crippen molar-refractivity contribution in [1.82, 2.24) is 4.98 Å². The van der Waals surface area contributed by atoms with E-state index in [4.69, 9.17) is 14.6 Å². The highest BCUT2D eigenvalue weighted by Gasteiger charge is 2.14. The first-order valence-electron chi connectivity index (χ1n) is 5.65. The highest BCUT2D eigenvalue weighted by atomic mass is 16.5. The van der Waals surface area contributed by atoms with Gasteiger partial charge in [0.15, 0.2) is 0 Å². The van der Waals surface area contributed by atoms with Crippen LogP contribution in [0, 0.1) is 5.92 Å². The van der Waals surface area contributed by atoms with E-state index in [1.165, 1.54) is 0 Å². The zero-order valence-electron chi connectivity index (χ0n) is 9.26. The Morgan fingerprint density at radius 1 is 1.38 bits per heavy atom. The molecule has 0 aromatic carbocycles. The number of aromatic nitrogens is 1. The normalized spacial score (nSPS) is 17.3. The summed E-state index contributed by atoms with van der Waals surface area (Å²) < 4.78 is 10.9. The van der Waals surface area contributed by atoms with Gasteiger partial charge in [-0.15, -0.1) is 0 Å². The van der Waals surface area contributed by atoms with Crippen molar-refractivity contribution in [2.24, 2.45) is 5.92 Å². The maximum Gasteiger partial charge on any atom is 0.213 e. The summed E-state index contributed by atoms with van der Waals surface area (Å²) >= 11 is 0. The lowest BCUT2D eigenvalue weighted by Crippen LogP contribution is -2.21. The van der Waals surface area contributed by atoms with Crippen LogP contribution in [0.1, 0.15) is 18.4 Å². The first-order valence-corrected chi connectivity index (χ1v) is 5.65. The predicted molar refractivity (Wildman–Crippen MR) is 59.2 cm³/mol. The Kier molecular flexibility index (Phi) is 4.13. The molecule has 1 aromatic rings. The Morgan fingerprint density at radius 3 is 2.81 bits per heavy atom. The van der Waals surface area contributed by atoms with Crippen molar-refractivity contribution in [3.8, 4) is 5.88 Å². The molecule has 0 aliphatic carbocycles. The van der Waals surface area contributed by atoms with Crippen LogP contribution in [0.4, 0.5) is 0 Å². The molecule has 1 fully saturated rings. The number of pyridine rings is 1. The molecule has 4 nitrogen and oxygen atoms in total. The van der Waals surface area contributed by atoms with Gasteiger partial charge in [0.1, 0.15) is 0 Å². The minimum Gasteiger partial charge on any atom is -0.477 e. The highest BCUT2D eigenvalue weighted by molar-refractivity contribution is 5.16. The Hall–Kier alpha value is -1.13. The Morgan fingerprint density at radius 2 is 2.19 bits per heavy atom. The number of rotatable bonds is 4. The van der Waals surface area contributed by atoms with Crippen molar-refractivity contribution >= 4 is 0 Å². The molecule has 0 radical (unpaired) electrons. The zero-order chi connectivity index (χ0) is 11.2. The van der Waals surface area contributed by atoms with E-state index in [2.05, 4.69) is 4.98 Å². The number of aliphatic hydroxyl groups is 1. The maximum absolute atomic E-state index is 8.87. The van der Waals surface area contributed by atoms with E-state index in [1.54, 1.807) is 12.3 Å². The molecule has 16 heavy (non-hydrogen) atoms. The van der Waals surface area contributed by atoms with Gasteiger partial charge in [0.05, 0.1) is 13.2 Å². The lowest BCUT2D eigenvalue weighted by molar-refractivity contribution is 0.0490. The summed E-state index contributed by atoms with van der Waals surface area (Å²) in [5, 5.41) is 8.87. The van der Waals surface area contributed by atoms with Crippen LogP contribution in [0.5, 0.6) is 5.88 Å². The molecule has 1 N–H and O–H groups in total. The molecule has 0 unspecified atom stereocenters. The van der Waals surface area contributed by atoms with Crippen LogP contribution >= 0.6 is 0 Å². The number of hydrogen-bond acceptors (Lipinski definition) is 4. The zero-order valence-corrected chi connectivity index (χ0v) is 9.26. The van der Waals surface area contributed by atoms with Crippen LogP contribution in [0.25, 0.3) is 0 Å². The molecule has 2 rings (SSSR count). The van der Waals surface area contributed by atoms with Crippen molar-refractivity contribution in [2.45, 2.75) is 19.4 Å². The van der Waals surface area contributed by atoms with Gasteiger partial charge in [-0.05, 0) is 30.4 Å². The topological polar surface area (TPSA) is 51.6 Å². The van der Waals surface area contributed by atoms with Crippen LogP contribution in [0.2, 0.25) is 0 Å². The maximum atomic E-state index is 8.87. The number of aliphatic hydroxyl groups excluding tert-OH is 1. The van der Waals surface area contributed by atoms with Crippen LogP contribution in [0.3, 0.4) is 0 Å². The summed E-state index contributed by atoms with van der Waals surface area (Å²) in [7, 11) is 0. The van der Waals surface area contributed by atoms with E-state index in [-0.39, 0.29) is 6.61 Å². The number of hydrogen-bond donors (Lipinski definition) is 1. The second kappa shape index (κ2) is 5.82. The summed E-state index contributed by atoms with van der Waals surface area (Å²) in [5.41, 5.74) is 0.804. The molecule has 0 saturated carbocycles. The van der Waals surface area contributed by atoms with Crippen LogP contribution in [0.15, 0.2) is 18.3 Å². The van der Waals surface area contributed by atoms with E-state index >= 15 is 0 Å². The fraction of sp³-hybridized carbons (Fsp3) is 0.583. The average molecular weight is 223 g/mol. The molecular weight excluding hydrogens is 206 g/mol. The van der Waals surface area contributed by atoms with Crippen LogP contribution in [-0.2, 0) is 11.3 Å². The summed E-state index contributed by atoms with van der Waals surface area (Å²) in [5.74, 6) is 1.21. The first kappa shape index (κ1) is 11.4. The van der Waals surface area contributed by atoms with E-state index in [9.17, 15) is 0 Å². The molecule has 0 spiro atoms. The highest BCUT2D eigenvalue weighted by Crippen LogP contribution is 2.16. The van der Waals surface area contributed by atoms with E-state index in [0.29, 0.717) is 18.4 Å². The third kappa shape index (κ3) is 3.18. The summed E-state index contributed by atoms with van der Waals surface area (Å²) in [6.45, 7) is 2.40. The summed E-state index contributed by atoms with van der Waals surface area (Å²) in [4.78, 5) is 4.12. The lowest BCUT2D eigenvalue weighted by Gasteiger charge is -2.21. The van der Waals surface area contributed by atoms with E-state index in [0.717, 1.165) is 31.6 Å². The van der Waals surface area contributed by atoms with Gasteiger partial charge >= 0.3 is 0 Å². The Labute approximate surface area is 95.2 Å². The monoisotopic (exact) mass is 223 g/mol. The Bertz CT molecular complexity index is 307. The van der Waals surface area contributed by atoms with Crippen molar-refractivity contribution in [1.29, 1.82) is 0 Å². The molecule has 0 amide bonds. The largest absolute Gasteiger partial charge is 0.477 e. The molecule has 1 saturated heterocycles. The molecule has 1 aliphatic heterocycles. The van der Waals surface area contributed by atoms with Gasteiger partial charge in [-0.25, -0.2) is 4.98 Å². The second-order valence-electron chi connectivity index (χ2n) is 4.03. The van der Waals surface area contributed by atoms with Crippen molar-refractivity contribution in [3.63, 3.8) is 0 Å². The molecule has 0 atom stereocenters. The number of nitrogens with zero attached hydrogens (tertiary/aromatic N) is 1. The molecule has 1 aliphatic rings. The minimum atomic E-state index is 0.0211. The molecule has 88 valence electrons. The molecule has 4 heteroatoms. The SMILES string of the molecule is OCc1ccc(OCC2CCOCC2)nc1. The molecular formula is C12H17NO3. The fourth-order valence-corrected chi connectivity index (χ4v) is 1.71. The standard InChI is InChI=1S/C12H17NO3/c14-8-11-1-2-12(13-7-11)16-9-10-3-5-15-6-4-10/h1-2,7,10,14H,3-6,8-9H2. The van der Waals surface area contributed by atoms with Gasteiger partial charge in [0.2, 0.25) is 5.88 Å². The van der Waals surface area contributed by atoms with Gasteiger partial charge in [-0.2, -0.15) is 0 Å². The lowest BCUT2D eigenvalue weighted by atomic mass is 10.0. The van der Waals surface area contributed by atoms with Crippen molar-refractivity contribution in [3.05, 3.63) is 23.9 Å². The molecule has 2 heterocycles. The van der Waals surface area contributed by atoms with Crippen molar-refractivity contribution in [2.75, 3.05) is 19.8 Å². The minimum absolute atomic E-state index is 0.0211. The molecule has 0 bridgehead atoms. The second-order valence-corrected chi connectivity index (χ2v) is 4.03. The van der Waals surface area contributed by atoms with Gasteiger partial charge < -0.3 is 14.6 Å². The predicted octanol–water partition coefficient (Wildman–Crippen LogP) is 1.38. The van der Waals surface area contributed by atoms with E-state index < -0.39 is 0 Å². The van der Waals surface area contributed by atoms with Gasteiger partial charge in [0, 0.05) is 25.5 Å². The Balaban J connectivity index is 1.79. The third-order valence-corrected chi connectivity index (χ3v) is 2.79. The van der Waals surface area contributed by atoms with Gasteiger partial charge in [0.25, 0.3) is 0 Å².